The number of hydrogen-bond donors (Lipinski definition) is 1. The third-order valence-corrected chi connectivity index (χ3v) is 3.23. The maximum Gasteiger partial charge on any atom is 0.163 e. The summed E-state index contributed by atoms with van der Waals surface area (Å²) < 4.78 is 26.2. The summed E-state index contributed by atoms with van der Waals surface area (Å²) in [6.45, 7) is 4.29. The van der Waals surface area contributed by atoms with Crippen molar-refractivity contribution in [3.63, 3.8) is 0 Å². The van der Waals surface area contributed by atoms with Crippen LogP contribution in [0.1, 0.15) is 19.4 Å². The first-order chi connectivity index (χ1) is 7.56. The number of benzene rings is 1. The Kier molecular flexibility index (Phi) is 5.16. The first-order valence-corrected chi connectivity index (χ1v) is 5.82. The molecule has 1 rings (SSSR count). The normalized spacial score (nSPS) is 14.8. The van der Waals surface area contributed by atoms with Gasteiger partial charge in [-0.15, -0.1) is 11.6 Å². The number of rotatable bonds is 5. The molecule has 2 unspecified atom stereocenters. The molecule has 1 aromatic carbocycles. The fourth-order valence-corrected chi connectivity index (χ4v) is 1.56. The summed E-state index contributed by atoms with van der Waals surface area (Å²) in [5.74, 6) is -0.754. The Hall–Kier alpha value is -0.670. The van der Waals surface area contributed by atoms with E-state index in [4.69, 9.17) is 11.6 Å². The van der Waals surface area contributed by atoms with Crippen molar-refractivity contribution in [3.8, 4) is 0 Å². The molecular weight excluding hydrogens is 232 g/mol. The standard InChI is InChI=1S/C12H16ClF2N/c1-8(6-13)9(2)16-7-10-4-3-5-11(14)12(10)15/h3-5,8-9,16H,6-7H2,1-2H3. The first-order valence-electron chi connectivity index (χ1n) is 5.28. The molecule has 0 saturated carbocycles. The molecule has 2 atom stereocenters. The molecule has 0 saturated heterocycles. The lowest BCUT2D eigenvalue weighted by Gasteiger charge is -2.19. The molecule has 0 bridgehead atoms. The zero-order chi connectivity index (χ0) is 12.1. The van der Waals surface area contributed by atoms with E-state index in [1.54, 1.807) is 6.07 Å². The van der Waals surface area contributed by atoms with E-state index in [9.17, 15) is 8.78 Å². The maximum atomic E-state index is 13.3. The van der Waals surface area contributed by atoms with Crippen LogP contribution in [0.3, 0.4) is 0 Å². The molecule has 1 aromatic rings. The number of alkyl halides is 1. The highest BCUT2D eigenvalue weighted by Crippen LogP contribution is 2.12. The zero-order valence-electron chi connectivity index (χ0n) is 9.43. The van der Waals surface area contributed by atoms with E-state index in [0.29, 0.717) is 23.9 Å². The van der Waals surface area contributed by atoms with Gasteiger partial charge in [-0.25, -0.2) is 8.78 Å². The van der Waals surface area contributed by atoms with Gasteiger partial charge in [0.05, 0.1) is 0 Å². The summed E-state index contributed by atoms with van der Waals surface area (Å²) in [5, 5.41) is 3.13. The molecule has 0 aliphatic rings. The van der Waals surface area contributed by atoms with Crippen LogP contribution in [0.2, 0.25) is 0 Å². The van der Waals surface area contributed by atoms with Crippen LogP contribution in [0.4, 0.5) is 8.78 Å². The largest absolute Gasteiger partial charge is 0.310 e. The Labute approximate surface area is 99.8 Å². The fraction of sp³-hybridized carbons (Fsp3) is 0.500. The second kappa shape index (κ2) is 6.16. The molecule has 0 fully saturated rings. The lowest BCUT2D eigenvalue weighted by molar-refractivity contribution is 0.420. The Bertz CT molecular complexity index is 344. The summed E-state index contributed by atoms with van der Waals surface area (Å²) >= 11 is 5.71. The summed E-state index contributed by atoms with van der Waals surface area (Å²) in [7, 11) is 0. The summed E-state index contributed by atoms with van der Waals surface area (Å²) in [6, 6.07) is 4.36. The lowest BCUT2D eigenvalue weighted by Crippen LogP contribution is -2.32. The van der Waals surface area contributed by atoms with Gasteiger partial charge in [-0.2, -0.15) is 0 Å². The minimum atomic E-state index is -0.808. The average Bonchev–Trinajstić information content (AvgIpc) is 2.29. The van der Waals surface area contributed by atoms with Crippen LogP contribution in [-0.4, -0.2) is 11.9 Å². The Morgan fingerprint density at radius 2 is 2.00 bits per heavy atom. The number of hydrogen-bond acceptors (Lipinski definition) is 1. The molecule has 90 valence electrons. The van der Waals surface area contributed by atoms with Crippen molar-refractivity contribution >= 4 is 11.6 Å². The Morgan fingerprint density at radius 3 is 2.62 bits per heavy atom. The Morgan fingerprint density at radius 1 is 1.31 bits per heavy atom. The van der Waals surface area contributed by atoms with E-state index in [2.05, 4.69) is 5.32 Å². The van der Waals surface area contributed by atoms with Gasteiger partial charge in [0.25, 0.3) is 0 Å². The lowest BCUT2D eigenvalue weighted by atomic mass is 10.1. The van der Waals surface area contributed by atoms with Crippen LogP contribution in [0, 0.1) is 17.6 Å². The minimum absolute atomic E-state index is 0.167. The molecule has 0 heterocycles. The molecule has 1 nitrogen and oxygen atoms in total. The molecule has 0 amide bonds. The van der Waals surface area contributed by atoms with E-state index in [1.807, 2.05) is 13.8 Å². The summed E-state index contributed by atoms with van der Waals surface area (Å²) in [5.41, 5.74) is 0.341. The predicted molar refractivity (Wildman–Crippen MR) is 62.5 cm³/mol. The van der Waals surface area contributed by atoms with Gasteiger partial charge in [-0.05, 0) is 18.9 Å². The predicted octanol–water partition coefficient (Wildman–Crippen LogP) is 3.32. The van der Waals surface area contributed by atoms with Gasteiger partial charge in [-0.1, -0.05) is 19.1 Å². The fourth-order valence-electron chi connectivity index (χ4n) is 1.29. The van der Waals surface area contributed by atoms with Gasteiger partial charge in [0.2, 0.25) is 0 Å². The number of halogens is 3. The highest BCUT2D eigenvalue weighted by molar-refractivity contribution is 6.18. The van der Waals surface area contributed by atoms with Crippen LogP contribution in [0.5, 0.6) is 0 Å². The van der Waals surface area contributed by atoms with Gasteiger partial charge in [0.15, 0.2) is 11.6 Å². The first kappa shape index (κ1) is 13.4. The van der Waals surface area contributed by atoms with Gasteiger partial charge >= 0.3 is 0 Å². The van der Waals surface area contributed by atoms with Gasteiger partial charge in [-0.3, -0.25) is 0 Å². The molecule has 0 spiro atoms. The van der Waals surface area contributed by atoms with Crippen molar-refractivity contribution in [2.45, 2.75) is 26.4 Å². The van der Waals surface area contributed by atoms with Crippen molar-refractivity contribution in [1.82, 2.24) is 5.32 Å². The topological polar surface area (TPSA) is 12.0 Å². The van der Waals surface area contributed by atoms with E-state index in [0.717, 1.165) is 6.07 Å². The van der Waals surface area contributed by atoms with Gasteiger partial charge in [0.1, 0.15) is 0 Å². The highest BCUT2D eigenvalue weighted by Gasteiger charge is 2.12. The smallest absolute Gasteiger partial charge is 0.163 e. The third-order valence-electron chi connectivity index (χ3n) is 2.74. The van der Waals surface area contributed by atoms with Crippen LogP contribution in [0.25, 0.3) is 0 Å². The van der Waals surface area contributed by atoms with Gasteiger partial charge in [0, 0.05) is 24.0 Å². The SMILES string of the molecule is CC(CCl)C(C)NCc1cccc(F)c1F. The second-order valence-electron chi connectivity index (χ2n) is 4.01. The highest BCUT2D eigenvalue weighted by atomic mass is 35.5. The molecule has 16 heavy (non-hydrogen) atoms. The van der Waals surface area contributed by atoms with Crippen LogP contribution in [-0.2, 0) is 6.54 Å². The van der Waals surface area contributed by atoms with Crippen molar-refractivity contribution < 1.29 is 8.78 Å². The molecule has 0 radical (unpaired) electrons. The summed E-state index contributed by atoms with van der Waals surface area (Å²) in [6.07, 6.45) is 0. The Balaban J connectivity index is 2.58. The van der Waals surface area contributed by atoms with E-state index >= 15 is 0 Å². The van der Waals surface area contributed by atoms with Crippen molar-refractivity contribution in [3.05, 3.63) is 35.4 Å². The van der Waals surface area contributed by atoms with Crippen LogP contribution >= 0.6 is 11.6 Å². The number of nitrogens with one attached hydrogen (secondary N) is 1. The van der Waals surface area contributed by atoms with E-state index in [-0.39, 0.29) is 6.04 Å². The van der Waals surface area contributed by atoms with Crippen molar-refractivity contribution in [1.29, 1.82) is 0 Å². The average molecular weight is 248 g/mol. The summed E-state index contributed by atoms with van der Waals surface area (Å²) in [4.78, 5) is 0. The third kappa shape index (κ3) is 3.42. The monoisotopic (exact) mass is 247 g/mol. The quantitative estimate of drug-likeness (QED) is 0.787. The van der Waals surface area contributed by atoms with E-state index in [1.165, 1.54) is 6.07 Å². The molecule has 1 N–H and O–H groups in total. The maximum absolute atomic E-state index is 13.3. The van der Waals surface area contributed by atoms with Crippen molar-refractivity contribution in [2.24, 2.45) is 5.92 Å². The second-order valence-corrected chi connectivity index (χ2v) is 4.32. The molecule has 0 aromatic heterocycles. The zero-order valence-corrected chi connectivity index (χ0v) is 10.2. The molecule has 4 heteroatoms. The molecule has 0 aliphatic heterocycles. The minimum Gasteiger partial charge on any atom is -0.310 e. The van der Waals surface area contributed by atoms with Crippen LogP contribution < -0.4 is 5.32 Å². The van der Waals surface area contributed by atoms with E-state index < -0.39 is 11.6 Å². The van der Waals surface area contributed by atoms with Gasteiger partial charge < -0.3 is 5.32 Å². The van der Waals surface area contributed by atoms with Crippen LogP contribution in [0.15, 0.2) is 18.2 Å². The molecular formula is C12H16ClF2N. The van der Waals surface area contributed by atoms with Crippen molar-refractivity contribution in [2.75, 3.05) is 5.88 Å². The molecule has 0 aliphatic carbocycles.